The molecule has 0 aliphatic carbocycles. The van der Waals surface area contributed by atoms with Crippen LogP contribution >= 0.6 is 11.8 Å². The number of amidine groups is 1. The maximum Gasteiger partial charge on any atom is 0.144 e. The predicted molar refractivity (Wildman–Crippen MR) is 55.5 cm³/mol. The number of nitrogen functional groups attached to an aromatic ring is 1. The lowest BCUT2D eigenvalue weighted by atomic mass is 10.4. The first kappa shape index (κ1) is 10.9. The van der Waals surface area contributed by atoms with E-state index in [2.05, 4.69) is 9.97 Å². The van der Waals surface area contributed by atoms with E-state index in [-0.39, 0.29) is 17.7 Å². The van der Waals surface area contributed by atoms with Crippen LogP contribution in [0.25, 0.3) is 0 Å². The van der Waals surface area contributed by atoms with Crippen molar-refractivity contribution in [2.24, 2.45) is 5.73 Å². The fourth-order valence-corrected chi connectivity index (χ4v) is 1.68. The molecule has 1 aromatic rings. The summed E-state index contributed by atoms with van der Waals surface area (Å²) in [5.41, 5.74) is 5.71. The number of aliphatic hydroxyl groups is 1. The highest BCUT2D eigenvalue weighted by Gasteiger charge is 2.11. The maximum atomic E-state index is 8.87. The molecule has 1 rings (SSSR count). The first-order valence-electron chi connectivity index (χ1n) is 4.08. The van der Waals surface area contributed by atoms with Crippen molar-refractivity contribution in [3.8, 4) is 0 Å². The topological polar surface area (TPSA) is 95.9 Å². The van der Waals surface area contributed by atoms with Crippen molar-refractivity contribution in [2.45, 2.75) is 17.2 Å². The van der Waals surface area contributed by atoms with E-state index in [9.17, 15) is 0 Å². The SMILES string of the molecule is CC(CO)Sc1nccnc1C(=N)N. The zero-order valence-electron chi connectivity index (χ0n) is 7.77. The molecule has 0 bridgehead atoms. The Balaban J connectivity index is 2.90. The van der Waals surface area contributed by atoms with Crippen molar-refractivity contribution < 1.29 is 5.11 Å². The molecule has 0 spiro atoms. The molecule has 1 atom stereocenters. The molecule has 0 fully saturated rings. The van der Waals surface area contributed by atoms with Gasteiger partial charge in [-0.3, -0.25) is 5.41 Å². The van der Waals surface area contributed by atoms with Crippen LogP contribution in [-0.2, 0) is 0 Å². The van der Waals surface area contributed by atoms with Gasteiger partial charge in [0, 0.05) is 17.6 Å². The monoisotopic (exact) mass is 212 g/mol. The molecule has 0 saturated carbocycles. The third-order valence-electron chi connectivity index (χ3n) is 1.49. The molecule has 14 heavy (non-hydrogen) atoms. The normalized spacial score (nSPS) is 12.4. The van der Waals surface area contributed by atoms with Crippen molar-refractivity contribution >= 4 is 17.6 Å². The summed E-state index contributed by atoms with van der Waals surface area (Å²) in [5.74, 6) is -0.106. The van der Waals surface area contributed by atoms with E-state index in [1.54, 1.807) is 6.20 Å². The Morgan fingerprint density at radius 1 is 1.64 bits per heavy atom. The van der Waals surface area contributed by atoms with E-state index in [0.29, 0.717) is 10.7 Å². The van der Waals surface area contributed by atoms with Gasteiger partial charge >= 0.3 is 0 Å². The van der Waals surface area contributed by atoms with Crippen LogP contribution in [-0.4, -0.2) is 32.8 Å². The number of hydrogen-bond acceptors (Lipinski definition) is 5. The molecule has 1 heterocycles. The lowest BCUT2D eigenvalue weighted by Crippen LogP contribution is -2.16. The molecule has 1 unspecified atom stereocenters. The number of hydrogen-bond donors (Lipinski definition) is 3. The third-order valence-corrected chi connectivity index (χ3v) is 2.56. The minimum atomic E-state index is -0.106. The smallest absolute Gasteiger partial charge is 0.144 e. The summed E-state index contributed by atoms with van der Waals surface area (Å²) in [4.78, 5) is 8.01. The quantitative estimate of drug-likeness (QED) is 0.377. The summed E-state index contributed by atoms with van der Waals surface area (Å²) in [6.07, 6.45) is 3.03. The van der Waals surface area contributed by atoms with Gasteiger partial charge in [0.25, 0.3) is 0 Å². The molecular weight excluding hydrogens is 200 g/mol. The zero-order valence-corrected chi connectivity index (χ0v) is 8.58. The molecule has 0 amide bonds. The molecule has 1 aromatic heterocycles. The van der Waals surface area contributed by atoms with Crippen LogP contribution in [0.3, 0.4) is 0 Å². The molecule has 0 aliphatic rings. The van der Waals surface area contributed by atoms with Crippen LogP contribution in [0.5, 0.6) is 0 Å². The number of aromatic nitrogens is 2. The van der Waals surface area contributed by atoms with Gasteiger partial charge in [0.1, 0.15) is 16.6 Å². The summed E-state index contributed by atoms with van der Waals surface area (Å²) >= 11 is 1.35. The number of thioether (sulfide) groups is 1. The van der Waals surface area contributed by atoms with Crippen LogP contribution in [0.4, 0.5) is 0 Å². The summed E-state index contributed by atoms with van der Waals surface area (Å²) in [6.45, 7) is 1.92. The van der Waals surface area contributed by atoms with Crippen LogP contribution in [0.1, 0.15) is 12.6 Å². The van der Waals surface area contributed by atoms with Crippen LogP contribution < -0.4 is 5.73 Å². The molecule has 6 heteroatoms. The lowest BCUT2D eigenvalue weighted by molar-refractivity contribution is 0.300. The van der Waals surface area contributed by atoms with Crippen molar-refractivity contribution in [3.63, 3.8) is 0 Å². The molecule has 0 saturated heterocycles. The van der Waals surface area contributed by atoms with Gasteiger partial charge in [0.2, 0.25) is 0 Å². The Bertz CT molecular complexity index is 331. The van der Waals surface area contributed by atoms with Crippen molar-refractivity contribution in [1.82, 2.24) is 9.97 Å². The Morgan fingerprint density at radius 2 is 2.29 bits per heavy atom. The first-order chi connectivity index (χ1) is 6.65. The Labute approximate surface area is 86.3 Å². The standard InChI is InChI=1S/C8H12N4OS/c1-5(4-13)14-8-6(7(9)10)11-2-3-12-8/h2-3,5,13H,4H2,1H3,(H3,9,10). The van der Waals surface area contributed by atoms with Crippen LogP contribution in [0.15, 0.2) is 17.4 Å². The van der Waals surface area contributed by atoms with Gasteiger partial charge in [0.15, 0.2) is 0 Å². The van der Waals surface area contributed by atoms with Crippen molar-refractivity contribution in [3.05, 3.63) is 18.1 Å². The third kappa shape index (κ3) is 2.68. The van der Waals surface area contributed by atoms with Crippen LogP contribution in [0, 0.1) is 5.41 Å². The van der Waals surface area contributed by atoms with E-state index in [1.165, 1.54) is 18.0 Å². The lowest BCUT2D eigenvalue weighted by Gasteiger charge is -2.08. The highest BCUT2D eigenvalue weighted by atomic mass is 32.2. The second kappa shape index (κ2) is 4.92. The van der Waals surface area contributed by atoms with Crippen molar-refractivity contribution in [2.75, 3.05) is 6.61 Å². The Hall–Kier alpha value is -1.14. The minimum absolute atomic E-state index is 0.0183. The fraction of sp³-hybridized carbons (Fsp3) is 0.375. The summed E-state index contributed by atoms with van der Waals surface area (Å²) < 4.78 is 0. The van der Waals surface area contributed by atoms with Gasteiger partial charge < -0.3 is 10.8 Å². The van der Waals surface area contributed by atoms with E-state index in [0.717, 1.165) is 0 Å². The summed E-state index contributed by atoms with van der Waals surface area (Å²) in [6, 6.07) is 0. The maximum absolute atomic E-state index is 8.87. The number of nitrogens with zero attached hydrogens (tertiary/aromatic N) is 2. The zero-order chi connectivity index (χ0) is 10.6. The van der Waals surface area contributed by atoms with Crippen LogP contribution in [0.2, 0.25) is 0 Å². The Morgan fingerprint density at radius 3 is 2.86 bits per heavy atom. The fourth-order valence-electron chi connectivity index (χ4n) is 0.824. The second-order valence-corrected chi connectivity index (χ2v) is 4.16. The molecule has 76 valence electrons. The summed E-state index contributed by atoms with van der Waals surface area (Å²) in [5, 5.41) is 16.8. The van der Waals surface area contributed by atoms with Gasteiger partial charge in [0.05, 0.1) is 6.61 Å². The molecule has 0 radical (unpaired) electrons. The highest BCUT2D eigenvalue weighted by molar-refractivity contribution is 7.99. The van der Waals surface area contributed by atoms with Gasteiger partial charge in [-0.1, -0.05) is 18.7 Å². The van der Waals surface area contributed by atoms with E-state index in [4.69, 9.17) is 16.2 Å². The Kier molecular flexibility index (Phi) is 3.84. The van der Waals surface area contributed by atoms with Gasteiger partial charge in [-0.05, 0) is 0 Å². The average Bonchev–Trinajstić information content (AvgIpc) is 2.18. The number of aliphatic hydroxyl groups excluding tert-OH is 1. The molecule has 0 aliphatic heterocycles. The molecule has 0 aromatic carbocycles. The predicted octanol–water partition coefficient (Wildman–Crippen LogP) is 0.234. The van der Waals surface area contributed by atoms with E-state index >= 15 is 0 Å². The largest absolute Gasteiger partial charge is 0.395 e. The molecular formula is C8H12N4OS. The van der Waals surface area contributed by atoms with E-state index in [1.807, 2.05) is 6.92 Å². The summed E-state index contributed by atoms with van der Waals surface area (Å²) in [7, 11) is 0. The number of nitrogens with one attached hydrogen (secondary N) is 1. The van der Waals surface area contributed by atoms with E-state index < -0.39 is 0 Å². The molecule has 5 nitrogen and oxygen atoms in total. The first-order valence-corrected chi connectivity index (χ1v) is 4.96. The van der Waals surface area contributed by atoms with Gasteiger partial charge in [-0.25, -0.2) is 9.97 Å². The number of rotatable bonds is 4. The van der Waals surface area contributed by atoms with Crippen molar-refractivity contribution in [1.29, 1.82) is 5.41 Å². The highest BCUT2D eigenvalue weighted by Crippen LogP contribution is 2.22. The average molecular weight is 212 g/mol. The molecule has 4 N–H and O–H groups in total. The second-order valence-electron chi connectivity index (χ2n) is 2.73. The minimum Gasteiger partial charge on any atom is -0.395 e. The van der Waals surface area contributed by atoms with Gasteiger partial charge in [-0.2, -0.15) is 0 Å². The van der Waals surface area contributed by atoms with Gasteiger partial charge in [-0.15, -0.1) is 0 Å². The number of nitrogens with two attached hydrogens (primary N) is 1.